The van der Waals surface area contributed by atoms with Gasteiger partial charge in [0.05, 0.1) is 15.9 Å². The summed E-state index contributed by atoms with van der Waals surface area (Å²) in [6.45, 7) is 0. The van der Waals surface area contributed by atoms with Crippen LogP contribution in [0.5, 0.6) is 0 Å². The van der Waals surface area contributed by atoms with Gasteiger partial charge in [0, 0.05) is 11.1 Å². The fourth-order valence-corrected chi connectivity index (χ4v) is 1.95. The summed E-state index contributed by atoms with van der Waals surface area (Å²) in [5, 5.41) is 9.72. The van der Waals surface area contributed by atoms with Gasteiger partial charge in [0.25, 0.3) is 0 Å². The molecule has 1 aromatic carbocycles. The second-order valence-electron chi connectivity index (χ2n) is 2.97. The van der Waals surface area contributed by atoms with E-state index in [0.717, 1.165) is 0 Å². The molecule has 0 spiro atoms. The van der Waals surface area contributed by atoms with Gasteiger partial charge in [-0.15, -0.1) is 0 Å². The van der Waals surface area contributed by atoms with E-state index in [-0.39, 0.29) is 16.1 Å². The Bertz CT molecular complexity index is 640. The first kappa shape index (κ1) is 10.0. The monoisotopic (exact) mass is 238 g/mol. The number of rotatable bonds is 0. The van der Waals surface area contributed by atoms with Crippen molar-refractivity contribution in [3.63, 3.8) is 0 Å². The van der Waals surface area contributed by atoms with Crippen LogP contribution in [0.4, 0.5) is 0 Å². The van der Waals surface area contributed by atoms with Crippen LogP contribution in [0.1, 0.15) is 5.69 Å². The summed E-state index contributed by atoms with van der Waals surface area (Å²) in [6, 6.07) is 6.12. The van der Waals surface area contributed by atoms with Crippen molar-refractivity contribution in [3.05, 3.63) is 44.2 Å². The highest BCUT2D eigenvalue weighted by molar-refractivity contribution is 6.38. The van der Waals surface area contributed by atoms with Crippen molar-refractivity contribution in [3.8, 4) is 6.07 Å². The van der Waals surface area contributed by atoms with Crippen molar-refractivity contribution >= 4 is 34.1 Å². The van der Waals surface area contributed by atoms with Crippen LogP contribution in [-0.2, 0) is 0 Å². The Balaban J connectivity index is 2.99. The van der Waals surface area contributed by atoms with Gasteiger partial charge in [0.15, 0.2) is 5.43 Å². The fraction of sp³-hybridized carbons (Fsp3) is 0. The van der Waals surface area contributed by atoms with Crippen molar-refractivity contribution < 1.29 is 0 Å². The standard InChI is InChI=1S/C10H4Cl2N2O/c11-5-1-7(12)10-8(2-5)14-6(4-13)3-9(10)15/h1-3H,(H,14,15). The zero-order valence-electron chi connectivity index (χ0n) is 7.34. The van der Waals surface area contributed by atoms with E-state index in [4.69, 9.17) is 28.5 Å². The number of aromatic nitrogens is 1. The molecule has 3 nitrogen and oxygen atoms in total. The van der Waals surface area contributed by atoms with Crippen LogP contribution in [0.15, 0.2) is 23.0 Å². The van der Waals surface area contributed by atoms with Crippen LogP contribution in [0.3, 0.4) is 0 Å². The van der Waals surface area contributed by atoms with E-state index < -0.39 is 0 Å². The predicted octanol–water partition coefficient (Wildman–Crippen LogP) is 2.71. The molecule has 0 unspecified atom stereocenters. The summed E-state index contributed by atoms with van der Waals surface area (Å²) in [5.74, 6) is 0. The SMILES string of the molecule is N#Cc1cc(=O)c2c(Cl)cc(Cl)cc2[nH]1. The van der Waals surface area contributed by atoms with Crippen molar-refractivity contribution in [2.24, 2.45) is 0 Å². The highest BCUT2D eigenvalue weighted by Gasteiger charge is 2.07. The number of fused-ring (bicyclic) bond motifs is 1. The molecule has 0 aliphatic heterocycles. The summed E-state index contributed by atoms with van der Waals surface area (Å²) in [5.41, 5.74) is 0.365. The van der Waals surface area contributed by atoms with Gasteiger partial charge in [-0.1, -0.05) is 23.2 Å². The molecule has 15 heavy (non-hydrogen) atoms. The maximum Gasteiger partial charge on any atom is 0.192 e. The molecule has 0 fully saturated rings. The van der Waals surface area contributed by atoms with E-state index in [1.165, 1.54) is 12.1 Å². The number of nitrogens with one attached hydrogen (secondary N) is 1. The van der Waals surface area contributed by atoms with Crippen LogP contribution in [0.2, 0.25) is 10.0 Å². The molecular weight excluding hydrogens is 235 g/mol. The topological polar surface area (TPSA) is 56.6 Å². The van der Waals surface area contributed by atoms with Gasteiger partial charge in [0.2, 0.25) is 0 Å². The third-order valence-electron chi connectivity index (χ3n) is 1.97. The summed E-state index contributed by atoms with van der Waals surface area (Å²) in [4.78, 5) is 14.4. The molecule has 0 saturated heterocycles. The normalized spacial score (nSPS) is 10.2. The van der Waals surface area contributed by atoms with Crippen molar-refractivity contribution in [1.29, 1.82) is 5.26 Å². The summed E-state index contributed by atoms with van der Waals surface area (Å²) in [7, 11) is 0. The molecule has 0 atom stereocenters. The van der Waals surface area contributed by atoms with Crippen LogP contribution >= 0.6 is 23.2 Å². The number of pyridine rings is 1. The third-order valence-corrected chi connectivity index (χ3v) is 2.48. The van der Waals surface area contributed by atoms with Crippen molar-refractivity contribution in [1.82, 2.24) is 4.98 Å². The average molecular weight is 239 g/mol. The lowest BCUT2D eigenvalue weighted by Crippen LogP contribution is -2.03. The third kappa shape index (κ3) is 1.70. The average Bonchev–Trinajstić information content (AvgIpc) is 2.15. The fourth-order valence-electron chi connectivity index (χ4n) is 1.37. The lowest BCUT2D eigenvalue weighted by Gasteiger charge is -2.01. The number of aromatic amines is 1. The minimum absolute atomic E-state index is 0.186. The van der Waals surface area contributed by atoms with Crippen LogP contribution in [0, 0.1) is 11.3 Å². The van der Waals surface area contributed by atoms with Crippen molar-refractivity contribution in [2.45, 2.75) is 0 Å². The van der Waals surface area contributed by atoms with E-state index in [1.807, 2.05) is 6.07 Å². The molecule has 2 rings (SSSR count). The molecule has 1 heterocycles. The molecule has 0 amide bonds. The molecule has 0 bridgehead atoms. The molecule has 0 aliphatic rings. The molecule has 0 aliphatic carbocycles. The van der Waals surface area contributed by atoms with Gasteiger partial charge in [-0.3, -0.25) is 4.79 Å². The molecule has 74 valence electrons. The van der Waals surface area contributed by atoms with Crippen LogP contribution in [0.25, 0.3) is 10.9 Å². The van der Waals surface area contributed by atoms with Crippen LogP contribution in [-0.4, -0.2) is 4.98 Å². The number of benzene rings is 1. The number of hydrogen-bond acceptors (Lipinski definition) is 2. The Morgan fingerprint density at radius 1 is 1.27 bits per heavy atom. The van der Waals surface area contributed by atoms with E-state index in [0.29, 0.717) is 15.9 Å². The summed E-state index contributed by atoms with van der Waals surface area (Å²) < 4.78 is 0. The van der Waals surface area contributed by atoms with Gasteiger partial charge in [-0.2, -0.15) is 5.26 Å². The molecule has 0 radical (unpaired) electrons. The maximum absolute atomic E-state index is 11.6. The van der Waals surface area contributed by atoms with Gasteiger partial charge in [-0.25, -0.2) is 0 Å². The van der Waals surface area contributed by atoms with Gasteiger partial charge in [0.1, 0.15) is 11.8 Å². The first-order valence-corrected chi connectivity index (χ1v) is 4.79. The van der Waals surface area contributed by atoms with Crippen molar-refractivity contribution in [2.75, 3.05) is 0 Å². The zero-order valence-corrected chi connectivity index (χ0v) is 8.86. The second-order valence-corrected chi connectivity index (χ2v) is 3.81. The summed E-state index contributed by atoms with van der Waals surface area (Å²) in [6.07, 6.45) is 0. The van der Waals surface area contributed by atoms with E-state index in [2.05, 4.69) is 4.98 Å². The van der Waals surface area contributed by atoms with E-state index in [9.17, 15) is 4.79 Å². The predicted molar refractivity (Wildman–Crippen MR) is 59.3 cm³/mol. The molecular formula is C10H4Cl2N2O. The Hall–Kier alpha value is -1.50. The first-order valence-electron chi connectivity index (χ1n) is 4.04. The first-order chi connectivity index (χ1) is 7.11. The highest BCUT2D eigenvalue weighted by Crippen LogP contribution is 2.24. The lowest BCUT2D eigenvalue weighted by atomic mass is 10.2. The highest BCUT2D eigenvalue weighted by atomic mass is 35.5. The maximum atomic E-state index is 11.6. The van der Waals surface area contributed by atoms with Gasteiger partial charge < -0.3 is 4.98 Å². The number of H-pyrrole nitrogens is 1. The molecule has 2 aromatic rings. The smallest absolute Gasteiger partial charge is 0.192 e. The molecule has 5 heteroatoms. The quantitative estimate of drug-likeness (QED) is 0.768. The Morgan fingerprint density at radius 2 is 2.00 bits per heavy atom. The lowest BCUT2D eigenvalue weighted by molar-refractivity contribution is 1.31. The number of halogens is 2. The Labute approximate surface area is 94.9 Å². The minimum atomic E-state index is -0.290. The Kier molecular flexibility index (Phi) is 2.39. The largest absolute Gasteiger partial charge is 0.346 e. The zero-order chi connectivity index (χ0) is 11.0. The second kappa shape index (κ2) is 3.58. The van der Waals surface area contributed by atoms with Crippen LogP contribution < -0.4 is 5.43 Å². The Morgan fingerprint density at radius 3 is 2.67 bits per heavy atom. The van der Waals surface area contributed by atoms with E-state index >= 15 is 0 Å². The summed E-state index contributed by atoms with van der Waals surface area (Å²) >= 11 is 11.7. The van der Waals surface area contributed by atoms with Gasteiger partial charge >= 0.3 is 0 Å². The minimum Gasteiger partial charge on any atom is -0.346 e. The molecule has 1 aromatic heterocycles. The number of nitriles is 1. The molecule has 1 N–H and O–H groups in total. The van der Waals surface area contributed by atoms with Gasteiger partial charge in [-0.05, 0) is 12.1 Å². The number of hydrogen-bond donors (Lipinski definition) is 1. The number of nitrogens with zero attached hydrogens (tertiary/aromatic N) is 1. The molecule has 0 saturated carbocycles. The van der Waals surface area contributed by atoms with E-state index in [1.54, 1.807) is 6.07 Å².